The molecule has 1 radical (unpaired) electrons. The van der Waals surface area contributed by atoms with Gasteiger partial charge in [-0.25, -0.2) is 8.42 Å². The molecule has 0 aliphatic heterocycles. The fourth-order valence-corrected chi connectivity index (χ4v) is 0.417. The summed E-state index contributed by atoms with van der Waals surface area (Å²) in [6, 6.07) is 0. The summed E-state index contributed by atoms with van der Waals surface area (Å²) in [5.74, 6) is -0.243. The molecule has 0 aromatic heterocycles. The number of rotatable bonds is 2. The van der Waals surface area contributed by atoms with Gasteiger partial charge < -0.3 is 5.11 Å². The van der Waals surface area contributed by atoms with E-state index in [0.29, 0.717) is 0 Å². The van der Waals surface area contributed by atoms with Crippen molar-refractivity contribution in [1.29, 1.82) is 0 Å². The normalized spacial score (nSPS) is 11.7. The molecular formula is C3H7O3S. The average Bonchev–Trinajstić information content (AvgIpc) is 1.30. The minimum Gasteiger partial charge on any atom is -0.395 e. The molecule has 0 aliphatic carbocycles. The number of sulfone groups is 1. The Morgan fingerprint density at radius 2 is 2.00 bits per heavy atom. The zero-order chi connectivity index (χ0) is 5.91. The van der Waals surface area contributed by atoms with Crippen LogP contribution in [0.1, 0.15) is 0 Å². The summed E-state index contributed by atoms with van der Waals surface area (Å²) < 4.78 is 19.9. The molecule has 3 nitrogen and oxygen atoms in total. The van der Waals surface area contributed by atoms with Gasteiger partial charge in [-0.2, -0.15) is 0 Å². The van der Waals surface area contributed by atoms with Crippen molar-refractivity contribution in [2.45, 2.75) is 0 Å². The van der Waals surface area contributed by atoms with Crippen LogP contribution in [0, 0.1) is 6.26 Å². The first-order valence-corrected chi connectivity index (χ1v) is 3.55. The lowest BCUT2D eigenvalue weighted by Crippen LogP contribution is -2.03. The second-order valence-electron chi connectivity index (χ2n) is 1.17. The van der Waals surface area contributed by atoms with Gasteiger partial charge in [-0.3, -0.25) is 0 Å². The molecule has 0 bridgehead atoms. The molecule has 0 heterocycles. The Morgan fingerprint density at radius 1 is 1.57 bits per heavy atom. The van der Waals surface area contributed by atoms with Gasteiger partial charge in [0.05, 0.1) is 18.6 Å². The van der Waals surface area contributed by atoms with Gasteiger partial charge in [-0.15, -0.1) is 0 Å². The SMILES string of the molecule is [CH2]S(=O)(=O)CCO. The highest BCUT2D eigenvalue weighted by atomic mass is 32.2. The Labute approximate surface area is 42.9 Å². The standard InChI is InChI=1S/C3H7O3S/c1-7(5,6)3-2-4/h4H,1-3H2. The van der Waals surface area contributed by atoms with E-state index in [1.54, 1.807) is 0 Å². The Bertz CT molecular complexity index is 123. The van der Waals surface area contributed by atoms with E-state index in [1.165, 1.54) is 0 Å². The van der Waals surface area contributed by atoms with Gasteiger partial charge in [-0.1, -0.05) is 0 Å². The van der Waals surface area contributed by atoms with Gasteiger partial charge in [0.25, 0.3) is 0 Å². The van der Waals surface area contributed by atoms with E-state index >= 15 is 0 Å². The van der Waals surface area contributed by atoms with Crippen LogP contribution in [0.2, 0.25) is 0 Å². The van der Waals surface area contributed by atoms with Crippen LogP contribution in [0.25, 0.3) is 0 Å². The van der Waals surface area contributed by atoms with E-state index in [-0.39, 0.29) is 12.4 Å². The number of hydrogen-bond acceptors (Lipinski definition) is 3. The summed E-state index contributed by atoms with van der Waals surface area (Å²) in [5, 5.41) is 7.98. The van der Waals surface area contributed by atoms with E-state index in [2.05, 4.69) is 6.26 Å². The maximum atomic E-state index is 9.96. The molecule has 7 heavy (non-hydrogen) atoms. The number of hydrogen-bond donors (Lipinski definition) is 1. The van der Waals surface area contributed by atoms with Crippen molar-refractivity contribution in [3.8, 4) is 0 Å². The van der Waals surface area contributed by atoms with Gasteiger partial charge in [0.15, 0.2) is 9.84 Å². The molecular weight excluding hydrogens is 116 g/mol. The topological polar surface area (TPSA) is 54.4 Å². The fraction of sp³-hybridized carbons (Fsp3) is 0.667. The zero-order valence-corrected chi connectivity index (χ0v) is 4.61. The van der Waals surface area contributed by atoms with Crippen molar-refractivity contribution in [3.63, 3.8) is 0 Å². The molecule has 0 spiro atoms. The predicted octanol–water partition coefficient (Wildman–Crippen LogP) is -0.815. The van der Waals surface area contributed by atoms with Crippen LogP contribution in [0.4, 0.5) is 0 Å². The molecule has 0 saturated carbocycles. The molecule has 0 atom stereocenters. The lowest BCUT2D eigenvalue weighted by Gasteiger charge is -1.86. The van der Waals surface area contributed by atoms with Crippen LogP contribution in [-0.2, 0) is 9.84 Å². The van der Waals surface area contributed by atoms with Gasteiger partial charge in [0.2, 0.25) is 0 Å². The van der Waals surface area contributed by atoms with E-state index < -0.39 is 9.84 Å². The van der Waals surface area contributed by atoms with E-state index in [9.17, 15) is 8.42 Å². The Kier molecular flexibility index (Phi) is 2.25. The van der Waals surface area contributed by atoms with Gasteiger partial charge in [-0.05, 0) is 0 Å². The van der Waals surface area contributed by atoms with Crippen molar-refractivity contribution in [2.24, 2.45) is 0 Å². The lowest BCUT2D eigenvalue weighted by molar-refractivity contribution is 0.320. The van der Waals surface area contributed by atoms with Crippen molar-refractivity contribution < 1.29 is 13.5 Å². The monoisotopic (exact) mass is 123 g/mol. The molecule has 0 unspecified atom stereocenters. The minimum absolute atomic E-state index is 0.243. The summed E-state index contributed by atoms with van der Waals surface area (Å²) >= 11 is 0. The van der Waals surface area contributed by atoms with Crippen LogP contribution in [0.15, 0.2) is 0 Å². The summed E-state index contributed by atoms with van der Waals surface area (Å²) in [6.45, 7) is -0.341. The molecule has 43 valence electrons. The van der Waals surface area contributed by atoms with Crippen molar-refractivity contribution >= 4 is 9.84 Å². The molecule has 0 fully saturated rings. The molecule has 0 aliphatic rings. The predicted molar refractivity (Wildman–Crippen MR) is 26.2 cm³/mol. The fourth-order valence-electron chi connectivity index (χ4n) is 0.139. The maximum absolute atomic E-state index is 9.96. The van der Waals surface area contributed by atoms with Gasteiger partial charge in [0, 0.05) is 0 Å². The Morgan fingerprint density at radius 3 is 2.00 bits per heavy atom. The largest absolute Gasteiger partial charge is 0.395 e. The highest BCUT2D eigenvalue weighted by Crippen LogP contribution is 1.80. The zero-order valence-electron chi connectivity index (χ0n) is 3.79. The van der Waals surface area contributed by atoms with E-state index in [4.69, 9.17) is 5.11 Å². The first-order chi connectivity index (χ1) is 3.06. The summed E-state index contributed by atoms with van der Waals surface area (Å²) in [7, 11) is -3.17. The van der Waals surface area contributed by atoms with E-state index in [1.807, 2.05) is 0 Å². The Balaban J connectivity index is 3.60. The third-order valence-electron chi connectivity index (χ3n) is 0.402. The third kappa shape index (κ3) is 5.91. The summed E-state index contributed by atoms with van der Waals surface area (Å²) in [5.41, 5.74) is 0. The minimum atomic E-state index is -3.17. The van der Waals surface area contributed by atoms with E-state index in [0.717, 1.165) is 0 Å². The number of aliphatic hydroxyl groups excluding tert-OH is 1. The molecule has 0 aromatic carbocycles. The average molecular weight is 123 g/mol. The number of aliphatic hydroxyl groups is 1. The second-order valence-corrected chi connectivity index (χ2v) is 3.07. The molecule has 1 N–H and O–H groups in total. The van der Waals surface area contributed by atoms with Crippen molar-refractivity contribution in [1.82, 2.24) is 0 Å². The first kappa shape index (κ1) is 6.91. The highest BCUT2D eigenvalue weighted by Gasteiger charge is 1.96. The van der Waals surface area contributed by atoms with Crippen molar-refractivity contribution in [2.75, 3.05) is 12.4 Å². The van der Waals surface area contributed by atoms with Crippen LogP contribution in [0.5, 0.6) is 0 Å². The third-order valence-corrected chi connectivity index (χ3v) is 1.21. The summed E-state index contributed by atoms with van der Waals surface area (Å²) in [4.78, 5) is 0. The molecule has 0 rings (SSSR count). The molecule has 0 amide bonds. The van der Waals surface area contributed by atoms with Crippen LogP contribution >= 0.6 is 0 Å². The van der Waals surface area contributed by atoms with Crippen LogP contribution < -0.4 is 0 Å². The molecule has 4 heteroatoms. The maximum Gasteiger partial charge on any atom is 0.153 e. The van der Waals surface area contributed by atoms with Crippen LogP contribution in [-0.4, -0.2) is 25.9 Å². The molecule has 0 aromatic rings. The Hall–Kier alpha value is -0.0900. The van der Waals surface area contributed by atoms with Crippen molar-refractivity contribution in [3.05, 3.63) is 6.26 Å². The molecule has 0 saturated heterocycles. The smallest absolute Gasteiger partial charge is 0.153 e. The summed E-state index contributed by atoms with van der Waals surface area (Å²) in [6.07, 6.45) is 2.77. The first-order valence-electron chi connectivity index (χ1n) is 1.73. The van der Waals surface area contributed by atoms with Crippen LogP contribution in [0.3, 0.4) is 0 Å². The lowest BCUT2D eigenvalue weighted by atomic mass is 10.9. The van der Waals surface area contributed by atoms with Gasteiger partial charge in [0.1, 0.15) is 0 Å². The second kappa shape index (κ2) is 2.28. The quantitative estimate of drug-likeness (QED) is 0.522. The highest BCUT2D eigenvalue weighted by molar-refractivity contribution is 7.92. The van der Waals surface area contributed by atoms with Gasteiger partial charge >= 0.3 is 0 Å².